The van der Waals surface area contributed by atoms with Gasteiger partial charge >= 0.3 is 0 Å². The fourth-order valence-electron chi connectivity index (χ4n) is 2.34. The lowest BCUT2D eigenvalue weighted by Gasteiger charge is -2.16. The number of likely N-dealkylation sites (tertiary alicyclic amines) is 1. The number of hydrogen-bond donors (Lipinski definition) is 1. The molecule has 0 bridgehead atoms. The maximum absolute atomic E-state index is 12.1. The summed E-state index contributed by atoms with van der Waals surface area (Å²) in [5, 5.41) is 2.78. The summed E-state index contributed by atoms with van der Waals surface area (Å²) in [6, 6.07) is 0. The molecule has 5 nitrogen and oxygen atoms in total. The predicted molar refractivity (Wildman–Crippen MR) is 84.9 cm³/mol. The highest BCUT2D eigenvalue weighted by Crippen LogP contribution is 2.25. The number of nitrogens with zero attached hydrogens (tertiary/aromatic N) is 1. The maximum Gasteiger partial charge on any atom is 0.233 e. The van der Waals surface area contributed by atoms with Crippen LogP contribution in [0.1, 0.15) is 40.0 Å². The summed E-state index contributed by atoms with van der Waals surface area (Å²) in [5.41, 5.74) is 0. The number of hydrogen-bond acceptors (Lipinski definition) is 4. The number of carbonyl (C=O) groups excluding carboxylic acids is 3. The van der Waals surface area contributed by atoms with Gasteiger partial charge in [0.1, 0.15) is 0 Å². The van der Waals surface area contributed by atoms with Gasteiger partial charge in [0.25, 0.3) is 0 Å². The second kappa shape index (κ2) is 9.07. The van der Waals surface area contributed by atoms with Crippen molar-refractivity contribution in [3.8, 4) is 0 Å². The average molecular weight is 314 g/mol. The lowest BCUT2D eigenvalue weighted by Crippen LogP contribution is -2.38. The van der Waals surface area contributed by atoms with E-state index in [0.29, 0.717) is 19.4 Å². The van der Waals surface area contributed by atoms with Crippen molar-refractivity contribution >= 4 is 29.5 Å². The van der Waals surface area contributed by atoms with Crippen molar-refractivity contribution in [2.75, 3.05) is 24.6 Å². The van der Waals surface area contributed by atoms with E-state index in [-0.39, 0.29) is 36.1 Å². The highest BCUT2D eigenvalue weighted by atomic mass is 32.2. The van der Waals surface area contributed by atoms with Gasteiger partial charge in [-0.25, -0.2) is 0 Å². The quantitative estimate of drug-likeness (QED) is 0.519. The summed E-state index contributed by atoms with van der Waals surface area (Å²) in [6.07, 6.45) is 1.67. The molecule has 1 atom stereocenters. The molecule has 0 aromatic heterocycles. The second-order valence-electron chi connectivity index (χ2n) is 5.59. The zero-order valence-electron chi connectivity index (χ0n) is 13.2. The molecule has 1 aliphatic rings. The van der Waals surface area contributed by atoms with E-state index in [1.807, 2.05) is 25.6 Å². The molecule has 0 saturated carbocycles. The molecule has 21 heavy (non-hydrogen) atoms. The first-order valence-corrected chi connectivity index (χ1v) is 8.81. The Kier molecular flexibility index (Phi) is 7.78. The van der Waals surface area contributed by atoms with Crippen molar-refractivity contribution in [3.05, 3.63) is 0 Å². The standard InChI is InChI=1S/C15H26N2O3S/c1-4-21-9-5-6-13(18)16-7-8-17-14(19)10-12(11(2)3)15(17)20/h11-12H,4-10H2,1-3H3,(H,16,18). The number of amides is 3. The number of carbonyl (C=O) groups is 3. The molecule has 0 spiro atoms. The monoisotopic (exact) mass is 314 g/mol. The first kappa shape index (κ1) is 18.0. The van der Waals surface area contributed by atoms with Gasteiger partial charge in [0, 0.05) is 31.8 Å². The Hall–Kier alpha value is -1.04. The Bertz CT molecular complexity index is 385. The number of imide groups is 1. The van der Waals surface area contributed by atoms with Crippen LogP contribution in [0.4, 0.5) is 0 Å². The molecule has 6 heteroatoms. The van der Waals surface area contributed by atoms with Crippen LogP contribution in [-0.2, 0) is 14.4 Å². The predicted octanol–water partition coefficient (Wildman–Crippen LogP) is 1.67. The van der Waals surface area contributed by atoms with Crippen molar-refractivity contribution in [2.45, 2.75) is 40.0 Å². The molecule has 1 N–H and O–H groups in total. The van der Waals surface area contributed by atoms with E-state index in [9.17, 15) is 14.4 Å². The van der Waals surface area contributed by atoms with Crippen LogP contribution in [0.15, 0.2) is 0 Å². The van der Waals surface area contributed by atoms with Gasteiger partial charge in [-0.05, 0) is 23.8 Å². The van der Waals surface area contributed by atoms with Crippen LogP contribution in [0, 0.1) is 11.8 Å². The van der Waals surface area contributed by atoms with E-state index in [0.717, 1.165) is 17.9 Å². The minimum absolute atomic E-state index is 0.00814. The van der Waals surface area contributed by atoms with Crippen LogP contribution in [0.5, 0.6) is 0 Å². The van der Waals surface area contributed by atoms with Crippen molar-refractivity contribution in [3.63, 3.8) is 0 Å². The van der Waals surface area contributed by atoms with Crippen LogP contribution in [-0.4, -0.2) is 47.2 Å². The molecule has 1 rings (SSSR count). The van der Waals surface area contributed by atoms with E-state index >= 15 is 0 Å². The van der Waals surface area contributed by atoms with Crippen LogP contribution >= 0.6 is 11.8 Å². The lowest BCUT2D eigenvalue weighted by molar-refractivity contribution is -0.140. The molecule has 0 aromatic rings. The average Bonchev–Trinajstić information content (AvgIpc) is 2.71. The van der Waals surface area contributed by atoms with Gasteiger partial charge in [-0.1, -0.05) is 20.8 Å². The molecule has 0 aliphatic carbocycles. The molecular weight excluding hydrogens is 288 g/mol. The van der Waals surface area contributed by atoms with Crippen molar-refractivity contribution in [1.82, 2.24) is 10.2 Å². The van der Waals surface area contributed by atoms with E-state index in [2.05, 4.69) is 12.2 Å². The summed E-state index contributed by atoms with van der Waals surface area (Å²) in [6.45, 7) is 6.64. The highest BCUT2D eigenvalue weighted by Gasteiger charge is 2.39. The zero-order valence-corrected chi connectivity index (χ0v) is 14.0. The Morgan fingerprint density at radius 2 is 2.14 bits per heavy atom. The highest BCUT2D eigenvalue weighted by molar-refractivity contribution is 7.99. The molecule has 0 aromatic carbocycles. The summed E-state index contributed by atoms with van der Waals surface area (Å²) in [5.74, 6) is 1.82. The fraction of sp³-hybridized carbons (Fsp3) is 0.800. The van der Waals surface area contributed by atoms with Crippen molar-refractivity contribution in [2.24, 2.45) is 11.8 Å². The lowest BCUT2D eigenvalue weighted by atomic mass is 9.94. The third kappa shape index (κ3) is 5.69. The second-order valence-corrected chi connectivity index (χ2v) is 6.98. The normalized spacial score (nSPS) is 18.7. The molecule has 0 radical (unpaired) electrons. The van der Waals surface area contributed by atoms with Gasteiger partial charge in [0.15, 0.2) is 0 Å². The number of rotatable bonds is 9. The largest absolute Gasteiger partial charge is 0.354 e. The number of nitrogens with one attached hydrogen (secondary N) is 1. The molecule has 3 amide bonds. The van der Waals surface area contributed by atoms with E-state index in [1.165, 1.54) is 4.90 Å². The van der Waals surface area contributed by atoms with E-state index in [4.69, 9.17) is 0 Å². The first-order valence-electron chi connectivity index (χ1n) is 7.66. The molecule has 120 valence electrons. The van der Waals surface area contributed by atoms with Crippen LogP contribution in [0.2, 0.25) is 0 Å². The van der Waals surface area contributed by atoms with Gasteiger partial charge < -0.3 is 5.32 Å². The smallest absolute Gasteiger partial charge is 0.233 e. The van der Waals surface area contributed by atoms with Gasteiger partial charge in [0.05, 0.1) is 0 Å². The Morgan fingerprint density at radius 3 is 2.71 bits per heavy atom. The van der Waals surface area contributed by atoms with Gasteiger partial charge in [-0.15, -0.1) is 0 Å². The minimum Gasteiger partial charge on any atom is -0.354 e. The summed E-state index contributed by atoms with van der Waals surface area (Å²) in [4.78, 5) is 36.8. The maximum atomic E-state index is 12.1. The van der Waals surface area contributed by atoms with E-state index in [1.54, 1.807) is 0 Å². The van der Waals surface area contributed by atoms with Crippen LogP contribution in [0.25, 0.3) is 0 Å². The molecule has 1 unspecified atom stereocenters. The third-order valence-electron chi connectivity index (χ3n) is 3.64. The van der Waals surface area contributed by atoms with Crippen molar-refractivity contribution in [1.29, 1.82) is 0 Å². The molecular formula is C15H26N2O3S. The Balaban J connectivity index is 2.24. The van der Waals surface area contributed by atoms with Gasteiger partial charge in [-0.3, -0.25) is 19.3 Å². The summed E-state index contributed by atoms with van der Waals surface area (Å²) >= 11 is 1.82. The fourth-order valence-corrected chi connectivity index (χ4v) is 2.98. The molecule has 1 heterocycles. The molecule has 1 fully saturated rings. The Morgan fingerprint density at radius 1 is 1.43 bits per heavy atom. The van der Waals surface area contributed by atoms with Crippen LogP contribution < -0.4 is 5.32 Å². The van der Waals surface area contributed by atoms with Crippen molar-refractivity contribution < 1.29 is 14.4 Å². The summed E-state index contributed by atoms with van der Waals surface area (Å²) in [7, 11) is 0. The molecule has 1 saturated heterocycles. The Labute approximate surface area is 131 Å². The van der Waals surface area contributed by atoms with Crippen LogP contribution in [0.3, 0.4) is 0 Å². The SMILES string of the molecule is CCSCCCC(=O)NCCN1C(=O)CC(C(C)C)C1=O. The molecule has 1 aliphatic heterocycles. The summed E-state index contributed by atoms with van der Waals surface area (Å²) < 4.78 is 0. The first-order chi connectivity index (χ1) is 9.97. The minimum atomic E-state index is -0.195. The zero-order chi connectivity index (χ0) is 15.8. The van der Waals surface area contributed by atoms with E-state index < -0.39 is 0 Å². The van der Waals surface area contributed by atoms with Gasteiger partial charge in [0.2, 0.25) is 17.7 Å². The number of thioether (sulfide) groups is 1. The topological polar surface area (TPSA) is 66.5 Å². The third-order valence-corrected chi connectivity index (χ3v) is 4.62. The van der Waals surface area contributed by atoms with Gasteiger partial charge in [-0.2, -0.15) is 11.8 Å².